The molecule has 80 valence electrons. The lowest BCUT2D eigenvalue weighted by Crippen LogP contribution is -2.22. The zero-order valence-corrected chi connectivity index (χ0v) is 7.96. The number of rotatable bonds is 2. The summed E-state index contributed by atoms with van der Waals surface area (Å²) in [5.41, 5.74) is 21.8. The lowest BCUT2D eigenvalue weighted by atomic mass is 10.3. The molecule has 0 aromatic carbocycles. The molecule has 0 amide bonds. The van der Waals surface area contributed by atoms with E-state index in [1.807, 2.05) is 0 Å². The molecule has 0 fully saturated rings. The molecule has 0 radical (unpaired) electrons. The van der Waals surface area contributed by atoms with E-state index in [1.165, 1.54) is 0 Å². The minimum Gasteiger partial charge on any atom is -0.369 e. The van der Waals surface area contributed by atoms with Crippen molar-refractivity contribution in [3.63, 3.8) is 0 Å². The summed E-state index contributed by atoms with van der Waals surface area (Å²) in [6.07, 6.45) is 3.95. The van der Waals surface area contributed by atoms with Gasteiger partial charge in [-0.1, -0.05) is 0 Å². The van der Waals surface area contributed by atoms with Crippen LogP contribution < -0.4 is 22.9 Å². The molecular formula is C7H12N8. The van der Waals surface area contributed by atoms with Crippen LogP contribution in [-0.4, -0.2) is 23.3 Å². The Hall–Kier alpha value is -2.38. The Labute approximate surface area is 86.1 Å². The molecule has 0 unspecified atom stereocenters. The molecule has 15 heavy (non-hydrogen) atoms. The van der Waals surface area contributed by atoms with E-state index in [9.17, 15) is 0 Å². The summed E-state index contributed by atoms with van der Waals surface area (Å²) in [5, 5.41) is 14.6. The molecule has 0 saturated heterocycles. The van der Waals surface area contributed by atoms with E-state index < -0.39 is 0 Å². The highest BCUT2D eigenvalue weighted by atomic mass is 15.3. The maximum atomic E-state index is 5.12. The van der Waals surface area contributed by atoms with Crippen LogP contribution in [0.5, 0.6) is 0 Å². The molecule has 0 saturated carbocycles. The predicted octanol–water partition coefficient (Wildman–Crippen LogP) is -1.79. The van der Waals surface area contributed by atoms with Crippen LogP contribution in [0.1, 0.15) is 6.42 Å². The van der Waals surface area contributed by atoms with Gasteiger partial charge in [0.2, 0.25) is 11.9 Å². The SMILES string of the molecule is NC(N)=NN=C1C=CC(=NN=C(N)N)C1. The van der Waals surface area contributed by atoms with Crippen LogP contribution >= 0.6 is 0 Å². The largest absolute Gasteiger partial charge is 0.369 e. The molecule has 8 nitrogen and oxygen atoms in total. The average Bonchev–Trinajstić information content (AvgIpc) is 2.59. The number of hydrogen-bond donors (Lipinski definition) is 4. The molecule has 0 atom stereocenters. The Balaban J connectivity index is 2.66. The zero-order valence-electron chi connectivity index (χ0n) is 7.96. The van der Waals surface area contributed by atoms with Crippen molar-refractivity contribution >= 4 is 23.3 Å². The fourth-order valence-electron chi connectivity index (χ4n) is 0.877. The van der Waals surface area contributed by atoms with E-state index in [-0.39, 0.29) is 11.9 Å². The van der Waals surface area contributed by atoms with Crippen LogP contribution in [0, 0.1) is 0 Å². The molecule has 1 rings (SSSR count). The first-order chi connectivity index (χ1) is 7.08. The normalized spacial score (nSPS) is 19.5. The smallest absolute Gasteiger partial charge is 0.211 e. The Morgan fingerprint density at radius 3 is 1.60 bits per heavy atom. The van der Waals surface area contributed by atoms with Crippen LogP contribution in [0.25, 0.3) is 0 Å². The van der Waals surface area contributed by atoms with Gasteiger partial charge >= 0.3 is 0 Å². The highest BCUT2D eigenvalue weighted by molar-refractivity contribution is 6.20. The van der Waals surface area contributed by atoms with Gasteiger partial charge in [0.25, 0.3) is 0 Å². The molecule has 0 aromatic rings. The first-order valence-corrected chi connectivity index (χ1v) is 4.07. The summed E-state index contributed by atoms with van der Waals surface area (Å²) in [6, 6.07) is 0. The van der Waals surface area contributed by atoms with Crippen LogP contribution in [0.2, 0.25) is 0 Å². The van der Waals surface area contributed by atoms with Crippen molar-refractivity contribution < 1.29 is 0 Å². The van der Waals surface area contributed by atoms with Crippen molar-refractivity contribution in [3.05, 3.63) is 12.2 Å². The summed E-state index contributed by atoms with van der Waals surface area (Å²) in [5.74, 6) is -0.184. The third kappa shape index (κ3) is 3.89. The summed E-state index contributed by atoms with van der Waals surface area (Å²) < 4.78 is 0. The molecule has 0 spiro atoms. The minimum absolute atomic E-state index is 0.0921. The van der Waals surface area contributed by atoms with Gasteiger partial charge in [0.15, 0.2) is 0 Å². The van der Waals surface area contributed by atoms with Crippen LogP contribution in [0.3, 0.4) is 0 Å². The summed E-state index contributed by atoms with van der Waals surface area (Å²) in [4.78, 5) is 0. The maximum Gasteiger partial charge on any atom is 0.211 e. The number of guanidine groups is 2. The first kappa shape index (κ1) is 10.7. The Kier molecular flexibility index (Phi) is 3.38. The Morgan fingerprint density at radius 1 is 0.867 bits per heavy atom. The molecule has 1 aliphatic rings. The van der Waals surface area contributed by atoms with Gasteiger partial charge in [-0.25, -0.2) is 0 Å². The molecule has 0 aliphatic heterocycles. The monoisotopic (exact) mass is 208 g/mol. The van der Waals surface area contributed by atoms with Crippen molar-refractivity contribution in [1.29, 1.82) is 0 Å². The predicted molar refractivity (Wildman–Crippen MR) is 60.2 cm³/mol. The van der Waals surface area contributed by atoms with Gasteiger partial charge in [-0.15, -0.1) is 10.2 Å². The van der Waals surface area contributed by atoms with E-state index in [0.29, 0.717) is 17.8 Å². The van der Waals surface area contributed by atoms with Gasteiger partial charge in [0.1, 0.15) is 0 Å². The molecule has 0 aromatic heterocycles. The Morgan fingerprint density at radius 2 is 1.27 bits per heavy atom. The van der Waals surface area contributed by atoms with Crippen molar-refractivity contribution in [2.75, 3.05) is 0 Å². The van der Waals surface area contributed by atoms with Crippen LogP contribution in [0.15, 0.2) is 32.6 Å². The second-order valence-electron chi connectivity index (χ2n) is 2.74. The number of nitrogens with two attached hydrogens (primary N) is 4. The molecule has 0 heterocycles. The summed E-state index contributed by atoms with van der Waals surface area (Å²) >= 11 is 0. The first-order valence-electron chi connectivity index (χ1n) is 4.07. The highest BCUT2D eigenvalue weighted by Crippen LogP contribution is 2.05. The van der Waals surface area contributed by atoms with E-state index in [0.717, 1.165) is 0 Å². The average molecular weight is 208 g/mol. The molecule has 1 aliphatic carbocycles. The molecule has 0 bridgehead atoms. The fourth-order valence-corrected chi connectivity index (χ4v) is 0.877. The highest BCUT2D eigenvalue weighted by Gasteiger charge is 2.08. The van der Waals surface area contributed by atoms with E-state index in [4.69, 9.17) is 22.9 Å². The number of allylic oxidation sites excluding steroid dienone is 2. The fraction of sp³-hybridized carbons (Fsp3) is 0.143. The topological polar surface area (TPSA) is 154 Å². The maximum absolute atomic E-state index is 5.12. The van der Waals surface area contributed by atoms with Gasteiger partial charge in [0, 0.05) is 6.42 Å². The van der Waals surface area contributed by atoms with Crippen LogP contribution in [-0.2, 0) is 0 Å². The lowest BCUT2D eigenvalue weighted by Gasteiger charge is -1.90. The van der Waals surface area contributed by atoms with Crippen molar-refractivity contribution in [1.82, 2.24) is 0 Å². The third-order valence-electron chi connectivity index (χ3n) is 1.42. The van der Waals surface area contributed by atoms with Gasteiger partial charge in [-0.3, -0.25) is 0 Å². The quantitative estimate of drug-likeness (QED) is 0.240. The van der Waals surface area contributed by atoms with Crippen molar-refractivity contribution in [2.45, 2.75) is 6.42 Å². The van der Waals surface area contributed by atoms with E-state index >= 15 is 0 Å². The van der Waals surface area contributed by atoms with Crippen molar-refractivity contribution in [2.24, 2.45) is 43.3 Å². The van der Waals surface area contributed by atoms with Crippen LogP contribution in [0.4, 0.5) is 0 Å². The summed E-state index contributed by atoms with van der Waals surface area (Å²) in [6.45, 7) is 0. The molecule has 8 heteroatoms. The Bertz CT molecular complexity index is 342. The standard InChI is InChI=1S/C7H12N8/c8-6(9)14-12-4-1-2-5(3-4)13-15-7(10)11/h1-2H,3H2,(H4,8,9,14)(H4,10,11,15). The van der Waals surface area contributed by atoms with Gasteiger partial charge in [-0.05, 0) is 12.2 Å². The van der Waals surface area contributed by atoms with E-state index in [2.05, 4.69) is 20.4 Å². The van der Waals surface area contributed by atoms with Gasteiger partial charge in [-0.2, -0.15) is 10.2 Å². The summed E-state index contributed by atoms with van der Waals surface area (Å²) in [7, 11) is 0. The van der Waals surface area contributed by atoms with E-state index in [1.54, 1.807) is 12.2 Å². The number of hydrogen-bond acceptors (Lipinski definition) is 4. The molecular weight excluding hydrogens is 196 g/mol. The zero-order chi connectivity index (χ0) is 11.3. The van der Waals surface area contributed by atoms with Crippen molar-refractivity contribution in [3.8, 4) is 0 Å². The van der Waals surface area contributed by atoms with Gasteiger partial charge < -0.3 is 22.9 Å². The minimum atomic E-state index is -0.0921. The second-order valence-corrected chi connectivity index (χ2v) is 2.74. The van der Waals surface area contributed by atoms with Gasteiger partial charge in [0.05, 0.1) is 11.4 Å². The number of nitrogens with zero attached hydrogens (tertiary/aromatic N) is 4. The lowest BCUT2D eigenvalue weighted by molar-refractivity contribution is 1.18. The molecule has 8 N–H and O–H groups in total. The third-order valence-corrected chi connectivity index (χ3v) is 1.42. The second kappa shape index (κ2) is 4.74.